The smallest absolute Gasteiger partial charge is 0.174 e. The molecule has 0 aromatic rings. The van der Waals surface area contributed by atoms with Crippen molar-refractivity contribution >= 4 is 0 Å². The fraction of sp³-hybridized carbons (Fsp3) is 0.600. The van der Waals surface area contributed by atoms with Crippen molar-refractivity contribution in [2.75, 3.05) is 20.6 Å². The third kappa shape index (κ3) is 0.877. The fourth-order valence-corrected chi connectivity index (χ4v) is 0.734. The molecule has 0 radical (unpaired) electrons. The Morgan fingerprint density at radius 2 is 2.50 bits per heavy atom. The van der Waals surface area contributed by atoms with Crippen LogP contribution in [0.1, 0.15) is 0 Å². The lowest BCUT2D eigenvalue weighted by Crippen LogP contribution is -3.09. The highest BCUT2D eigenvalue weighted by molar-refractivity contribution is 4.89. The topological polar surface area (TPSA) is 7.68 Å². The van der Waals surface area contributed by atoms with Crippen molar-refractivity contribution in [1.29, 1.82) is 0 Å². The van der Waals surface area contributed by atoms with Crippen LogP contribution in [-0.4, -0.2) is 25.6 Å². The second-order valence-electron chi connectivity index (χ2n) is 2.09. The maximum atomic E-state index is 12.2. The van der Waals surface area contributed by atoms with Crippen LogP contribution in [0.3, 0.4) is 0 Å². The molecule has 0 aliphatic carbocycles. The van der Waals surface area contributed by atoms with Crippen molar-refractivity contribution in [3.8, 4) is 0 Å². The molecule has 0 aromatic heterocycles. The number of hydrogen-bond donors (Lipinski definition) is 1. The van der Waals surface area contributed by atoms with E-state index in [-0.39, 0.29) is 5.83 Å². The van der Waals surface area contributed by atoms with E-state index in [9.17, 15) is 4.39 Å². The zero-order valence-corrected chi connectivity index (χ0v) is 5.11. The summed E-state index contributed by atoms with van der Waals surface area (Å²) in [6.07, 6.45) is 1.56. The van der Waals surface area contributed by atoms with Crippen LogP contribution in [0.4, 0.5) is 4.39 Å². The molecule has 1 rings (SSSR count). The summed E-state index contributed by atoms with van der Waals surface area (Å²) in [5.74, 6) is -0.0370. The summed E-state index contributed by atoms with van der Waals surface area (Å²) in [4.78, 5) is 0. The summed E-state index contributed by atoms with van der Waals surface area (Å²) >= 11 is 0. The van der Waals surface area contributed by atoms with Gasteiger partial charge in [-0.2, -0.15) is 0 Å². The molecule has 0 spiro atoms. The van der Waals surface area contributed by atoms with Crippen LogP contribution in [-0.2, 0) is 0 Å². The number of quaternary nitrogens is 1. The SMILES string of the molecule is CN1CC(F)=C[NH+]1C. The van der Waals surface area contributed by atoms with E-state index in [1.807, 2.05) is 19.1 Å². The highest BCUT2D eigenvalue weighted by atomic mass is 19.1. The van der Waals surface area contributed by atoms with E-state index < -0.39 is 0 Å². The van der Waals surface area contributed by atoms with Gasteiger partial charge in [-0.1, -0.05) is 0 Å². The van der Waals surface area contributed by atoms with Gasteiger partial charge in [0.05, 0.1) is 7.05 Å². The lowest BCUT2D eigenvalue weighted by atomic mass is 10.6. The van der Waals surface area contributed by atoms with E-state index in [0.29, 0.717) is 6.54 Å². The average Bonchev–Trinajstić information content (AvgIpc) is 1.85. The summed E-state index contributed by atoms with van der Waals surface area (Å²) < 4.78 is 12.2. The first-order valence-corrected chi connectivity index (χ1v) is 2.61. The van der Waals surface area contributed by atoms with E-state index in [4.69, 9.17) is 0 Å². The molecule has 2 nitrogen and oxygen atoms in total. The Labute approximate surface area is 48.2 Å². The van der Waals surface area contributed by atoms with Gasteiger partial charge < -0.3 is 0 Å². The van der Waals surface area contributed by atoms with Crippen LogP contribution >= 0.6 is 0 Å². The van der Waals surface area contributed by atoms with Crippen LogP contribution in [0, 0.1) is 0 Å². The molecule has 0 bridgehead atoms. The van der Waals surface area contributed by atoms with E-state index in [1.165, 1.54) is 0 Å². The van der Waals surface area contributed by atoms with Gasteiger partial charge in [-0.15, -0.1) is 5.01 Å². The molecule has 8 heavy (non-hydrogen) atoms. The molecule has 1 heterocycles. The molecular formula is C5H10FN2+. The van der Waals surface area contributed by atoms with E-state index in [1.54, 1.807) is 6.20 Å². The van der Waals surface area contributed by atoms with Gasteiger partial charge >= 0.3 is 0 Å². The van der Waals surface area contributed by atoms with Crippen LogP contribution in [0.25, 0.3) is 0 Å². The van der Waals surface area contributed by atoms with Crippen LogP contribution in [0.5, 0.6) is 0 Å². The molecule has 1 N–H and O–H groups in total. The molecule has 1 aliphatic heterocycles. The first-order valence-electron chi connectivity index (χ1n) is 2.61. The summed E-state index contributed by atoms with van der Waals surface area (Å²) in [5, 5.41) is 2.87. The number of halogens is 1. The lowest BCUT2D eigenvalue weighted by Gasteiger charge is -2.11. The summed E-state index contributed by atoms with van der Waals surface area (Å²) in [7, 11) is 3.77. The minimum Gasteiger partial charge on any atom is -0.229 e. The van der Waals surface area contributed by atoms with Gasteiger partial charge in [-0.3, -0.25) is 0 Å². The summed E-state index contributed by atoms with van der Waals surface area (Å²) in [5.41, 5.74) is 0. The molecule has 0 saturated carbocycles. The Kier molecular flexibility index (Phi) is 1.31. The van der Waals surface area contributed by atoms with Gasteiger partial charge in [0.25, 0.3) is 0 Å². The molecule has 0 amide bonds. The maximum Gasteiger partial charge on any atom is 0.174 e. The van der Waals surface area contributed by atoms with Crippen molar-refractivity contribution in [3.05, 3.63) is 12.0 Å². The van der Waals surface area contributed by atoms with Gasteiger partial charge in [-0.25, -0.2) is 9.40 Å². The number of rotatable bonds is 0. The number of likely N-dealkylation sites (N-methyl/N-ethyl adjacent to an activating group) is 1. The van der Waals surface area contributed by atoms with E-state index in [2.05, 4.69) is 0 Å². The van der Waals surface area contributed by atoms with Crippen molar-refractivity contribution in [3.63, 3.8) is 0 Å². The quantitative estimate of drug-likeness (QED) is 0.435. The van der Waals surface area contributed by atoms with Gasteiger partial charge in [0.2, 0.25) is 0 Å². The third-order valence-corrected chi connectivity index (χ3v) is 1.36. The van der Waals surface area contributed by atoms with Crippen LogP contribution in [0.15, 0.2) is 12.0 Å². The van der Waals surface area contributed by atoms with Crippen LogP contribution < -0.4 is 5.01 Å². The first-order chi connectivity index (χ1) is 3.70. The van der Waals surface area contributed by atoms with Crippen molar-refractivity contribution in [2.45, 2.75) is 0 Å². The third-order valence-electron chi connectivity index (χ3n) is 1.36. The van der Waals surface area contributed by atoms with Crippen molar-refractivity contribution in [1.82, 2.24) is 5.01 Å². The molecule has 1 atom stereocenters. The monoisotopic (exact) mass is 117 g/mol. The molecule has 0 fully saturated rings. The highest BCUT2D eigenvalue weighted by Crippen LogP contribution is 1.96. The van der Waals surface area contributed by atoms with E-state index in [0.717, 1.165) is 5.01 Å². The lowest BCUT2D eigenvalue weighted by molar-refractivity contribution is -0.941. The average molecular weight is 117 g/mol. The zero-order chi connectivity index (χ0) is 6.15. The maximum absolute atomic E-state index is 12.2. The van der Waals surface area contributed by atoms with E-state index >= 15 is 0 Å². The Morgan fingerprint density at radius 3 is 2.62 bits per heavy atom. The number of nitrogens with one attached hydrogen (secondary N) is 1. The standard InChI is InChI=1S/C5H9FN2/c1-7-3-5(6)4-8(7)2/h3H,4H2,1-2H3/p+1. The molecule has 0 aromatic carbocycles. The Hall–Kier alpha value is -0.410. The predicted molar refractivity (Wildman–Crippen MR) is 28.7 cm³/mol. The minimum atomic E-state index is -0.0370. The first kappa shape index (κ1) is 5.72. The van der Waals surface area contributed by atoms with Gasteiger partial charge in [0.1, 0.15) is 12.7 Å². The van der Waals surface area contributed by atoms with Crippen LogP contribution in [0.2, 0.25) is 0 Å². The molecule has 1 unspecified atom stereocenters. The Morgan fingerprint density at radius 1 is 1.88 bits per heavy atom. The molecule has 1 aliphatic rings. The van der Waals surface area contributed by atoms with Crippen molar-refractivity contribution < 1.29 is 9.40 Å². The predicted octanol–water partition coefficient (Wildman–Crippen LogP) is -0.828. The largest absolute Gasteiger partial charge is 0.229 e. The number of hydrogen-bond acceptors (Lipinski definition) is 1. The number of nitrogens with zero attached hydrogens (tertiary/aromatic N) is 1. The normalized spacial score (nSPS) is 30.9. The van der Waals surface area contributed by atoms with Gasteiger partial charge in [0.15, 0.2) is 5.83 Å². The Balaban J connectivity index is 2.56. The summed E-state index contributed by atoms with van der Waals surface area (Å²) in [6, 6.07) is 0. The summed E-state index contributed by atoms with van der Waals surface area (Å²) in [6.45, 7) is 0.450. The molecule has 0 saturated heterocycles. The second-order valence-corrected chi connectivity index (χ2v) is 2.09. The molecular weight excluding hydrogens is 107 g/mol. The minimum absolute atomic E-state index is 0.0370. The van der Waals surface area contributed by atoms with Gasteiger partial charge in [-0.05, 0) is 0 Å². The Bertz CT molecular complexity index is 122. The molecule has 3 heteroatoms. The second kappa shape index (κ2) is 1.84. The highest BCUT2D eigenvalue weighted by Gasteiger charge is 2.18. The van der Waals surface area contributed by atoms with Crippen molar-refractivity contribution in [2.24, 2.45) is 0 Å². The fourth-order valence-electron chi connectivity index (χ4n) is 0.734. The molecule has 46 valence electrons. The zero-order valence-electron chi connectivity index (χ0n) is 5.11. The van der Waals surface area contributed by atoms with Gasteiger partial charge in [0, 0.05) is 7.05 Å².